The summed E-state index contributed by atoms with van der Waals surface area (Å²) in [7, 11) is -3.33. The van der Waals surface area contributed by atoms with Gasteiger partial charge in [-0.25, -0.2) is 13.6 Å². The van der Waals surface area contributed by atoms with Crippen LogP contribution < -0.4 is 10.5 Å². The minimum atomic E-state index is -3.33. The molecule has 0 aliphatic carbocycles. The van der Waals surface area contributed by atoms with Gasteiger partial charge in [-0.15, -0.1) is 0 Å². The molecule has 6 heteroatoms. The molecule has 0 aromatic heterocycles. The molecular formula is C9H20N2O3S. The second-order valence-corrected chi connectivity index (χ2v) is 6.20. The van der Waals surface area contributed by atoms with Crippen molar-refractivity contribution in [1.82, 2.24) is 5.32 Å². The molecule has 90 valence electrons. The largest absolute Gasteiger partial charge is 0.381 e. The van der Waals surface area contributed by atoms with Gasteiger partial charge in [-0.1, -0.05) is 6.92 Å². The number of primary sulfonamides is 1. The van der Waals surface area contributed by atoms with Crippen molar-refractivity contribution >= 4 is 10.0 Å². The van der Waals surface area contributed by atoms with Crippen molar-refractivity contribution in [3.05, 3.63) is 0 Å². The van der Waals surface area contributed by atoms with E-state index in [4.69, 9.17) is 9.88 Å². The van der Waals surface area contributed by atoms with Gasteiger partial charge >= 0.3 is 0 Å². The van der Waals surface area contributed by atoms with E-state index >= 15 is 0 Å². The number of ether oxygens (including phenoxy) is 1. The minimum absolute atomic E-state index is 0.000417. The molecule has 0 amide bonds. The Kier molecular flexibility index (Phi) is 4.51. The standard InChI is InChI=1S/C9H20N2O3S/c1-9(2-5-14-6-3-9)8-11-4-7-15(10,12)13/h11H,2-8H2,1H3,(H2,10,12,13). The first-order chi connectivity index (χ1) is 6.91. The molecule has 1 rings (SSSR count). The Morgan fingerprint density at radius 2 is 2.00 bits per heavy atom. The van der Waals surface area contributed by atoms with Crippen LogP contribution >= 0.6 is 0 Å². The molecule has 0 radical (unpaired) electrons. The van der Waals surface area contributed by atoms with Crippen molar-refractivity contribution in [2.45, 2.75) is 19.8 Å². The molecule has 1 saturated heterocycles. The van der Waals surface area contributed by atoms with Crippen LogP contribution in [-0.2, 0) is 14.8 Å². The third kappa shape index (κ3) is 5.46. The third-order valence-corrected chi connectivity index (χ3v) is 3.59. The molecule has 0 atom stereocenters. The Morgan fingerprint density at radius 1 is 1.40 bits per heavy atom. The summed E-state index contributed by atoms with van der Waals surface area (Å²) in [5.74, 6) is -0.000417. The number of rotatable bonds is 5. The summed E-state index contributed by atoms with van der Waals surface area (Å²) in [5.41, 5.74) is 0.233. The molecule has 1 heterocycles. The summed E-state index contributed by atoms with van der Waals surface area (Å²) in [5, 5.41) is 8.04. The first kappa shape index (κ1) is 12.9. The smallest absolute Gasteiger partial charge is 0.210 e. The lowest BCUT2D eigenvalue weighted by Crippen LogP contribution is -2.39. The van der Waals surface area contributed by atoms with Crippen molar-refractivity contribution in [3.8, 4) is 0 Å². The van der Waals surface area contributed by atoms with Crippen LogP contribution in [0.4, 0.5) is 0 Å². The van der Waals surface area contributed by atoms with Crippen LogP contribution in [0.3, 0.4) is 0 Å². The molecule has 1 aliphatic rings. The van der Waals surface area contributed by atoms with Crippen LogP contribution in [0.5, 0.6) is 0 Å². The van der Waals surface area contributed by atoms with E-state index in [-0.39, 0.29) is 11.2 Å². The molecule has 15 heavy (non-hydrogen) atoms. The molecule has 1 fully saturated rings. The van der Waals surface area contributed by atoms with Gasteiger partial charge in [0.25, 0.3) is 0 Å². The van der Waals surface area contributed by atoms with Gasteiger partial charge in [0.2, 0.25) is 10.0 Å². The Bertz CT molecular complexity index is 284. The first-order valence-corrected chi connectivity index (χ1v) is 6.92. The number of nitrogens with one attached hydrogen (secondary N) is 1. The van der Waals surface area contributed by atoms with Gasteiger partial charge < -0.3 is 10.1 Å². The van der Waals surface area contributed by atoms with E-state index in [0.717, 1.165) is 32.6 Å². The number of nitrogens with two attached hydrogens (primary N) is 1. The van der Waals surface area contributed by atoms with Gasteiger partial charge in [0, 0.05) is 26.3 Å². The van der Waals surface area contributed by atoms with E-state index in [1.807, 2.05) is 0 Å². The van der Waals surface area contributed by atoms with E-state index in [2.05, 4.69) is 12.2 Å². The molecule has 0 bridgehead atoms. The van der Waals surface area contributed by atoms with E-state index in [9.17, 15) is 8.42 Å². The molecule has 0 saturated carbocycles. The SMILES string of the molecule is CC1(CNCCS(N)(=O)=O)CCOCC1. The van der Waals surface area contributed by atoms with Crippen LogP contribution in [0, 0.1) is 5.41 Å². The summed E-state index contributed by atoms with van der Waals surface area (Å²) < 4.78 is 26.6. The first-order valence-electron chi connectivity index (χ1n) is 5.20. The molecule has 1 aliphatic heterocycles. The summed E-state index contributed by atoms with van der Waals surface area (Å²) in [6.45, 7) is 5.04. The van der Waals surface area contributed by atoms with Crippen LogP contribution in [-0.4, -0.2) is 40.5 Å². The fraction of sp³-hybridized carbons (Fsp3) is 1.00. The fourth-order valence-corrected chi connectivity index (χ4v) is 2.07. The second-order valence-electron chi connectivity index (χ2n) is 4.47. The predicted molar refractivity (Wildman–Crippen MR) is 59.0 cm³/mol. The molecule has 0 aromatic rings. The van der Waals surface area contributed by atoms with Gasteiger partial charge in [-0.2, -0.15) is 0 Å². The highest BCUT2D eigenvalue weighted by Crippen LogP contribution is 2.28. The Balaban J connectivity index is 2.19. The average molecular weight is 236 g/mol. The van der Waals surface area contributed by atoms with Gasteiger partial charge in [0.05, 0.1) is 5.75 Å². The molecule has 0 unspecified atom stereocenters. The zero-order valence-corrected chi connectivity index (χ0v) is 9.98. The molecule has 3 N–H and O–H groups in total. The lowest BCUT2D eigenvalue weighted by atomic mass is 9.82. The van der Waals surface area contributed by atoms with E-state index < -0.39 is 10.0 Å². The summed E-state index contributed by atoms with van der Waals surface area (Å²) in [4.78, 5) is 0. The van der Waals surface area contributed by atoms with Crippen molar-refractivity contribution < 1.29 is 13.2 Å². The molecular weight excluding hydrogens is 216 g/mol. The van der Waals surface area contributed by atoms with E-state index in [1.54, 1.807) is 0 Å². The van der Waals surface area contributed by atoms with Gasteiger partial charge in [0.1, 0.15) is 0 Å². The normalized spacial score (nSPS) is 21.5. The zero-order valence-electron chi connectivity index (χ0n) is 9.16. The Hall–Kier alpha value is -0.170. The highest BCUT2D eigenvalue weighted by Gasteiger charge is 2.26. The highest BCUT2D eigenvalue weighted by atomic mass is 32.2. The van der Waals surface area contributed by atoms with Gasteiger partial charge in [-0.3, -0.25) is 0 Å². The highest BCUT2D eigenvalue weighted by molar-refractivity contribution is 7.89. The van der Waals surface area contributed by atoms with Crippen molar-refractivity contribution in [3.63, 3.8) is 0 Å². The maximum absolute atomic E-state index is 10.7. The maximum Gasteiger partial charge on any atom is 0.210 e. The minimum Gasteiger partial charge on any atom is -0.381 e. The van der Waals surface area contributed by atoms with Crippen LogP contribution in [0.25, 0.3) is 0 Å². The quantitative estimate of drug-likeness (QED) is 0.641. The number of hydrogen-bond donors (Lipinski definition) is 2. The summed E-state index contributed by atoms with van der Waals surface area (Å²) in [6, 6.07) is 0. The fourth-order valence-electron chi connectivity index (χ4n) is 1.65. The second kappa shape index (κ2) is 5.25. The lowest BCUT2D eigenvalue weighted by Gasteiger charge is -2.33. The van der Waals surface area contributed by atoms with Crippen LogP contribution in [0.15, 0.2) is 0 Å². The average Bonchev–Trinajstić information content (AvgIpc) is 2.12. The third-order valence-electron chi connectivity index (χ3n) is 2.82. The van der Waals surface area contributed by atoms with Gasteiger partial charge in [-0.05, 0) is 18.3 Å². The van der Waals surface area contributed by atoms with Crippen molar-refractivity contribution in [1.29, 1.82) is 0 Å². The summed E-state index contributed by atoms with van der Waals surface area (Å²) in [6.07, 6.45) is 2.05. The van der Waals surface area contributed by atoms with E-state index in [0.29, 0.717) is 6.54 Å². The maximum atomic E-state index is 10.7. The van der Waals surface area contributed by atoms with Crippen molar-refractivity contribution in [2.75, 3.05) is 32.1 Å². The van der Waals surface area contributed by atoms with Crippen molar-refractivity contribution in [2.24, 2.45) is 10.6 Å². The monoisotopic (exact) mass is 236 g/mol. The summed E-state index contributed by atoms with van der Waals surface area (Å²) >= 11 is 0. The predicted octanol–water partition coefficient (Wildman–Crippen LogP) is -0.319. The van der Waals surface area contributed by atoms with Crippen LogP contribution in [0.2, 0.25) is 0 Å². The molecule has 0 spiro atoms. The van der Waals surface area contributed by atoms with Gasteiger partial charge in [0.15, 0.2) is 0 Å². The Labute approximate surface area is 91.4 Å². The lowest BCUT2D eigenvalue weighted by molar-refractivity contribution is 0.0244. The number of sulfonamides is 1. The molecule has 5 nitrogen and oxygen atoms in total. The topological polar surface area (TPSA) is 81.4 Å². The van der Waals surface area contributed by atoms with E-state index in [1.165, 1.54) is 0 Å². The zero-order chi connectivity index (χ0) is 11.4. The number of hydrogen-bond acceptors (Lipinski definition) is 4. The van der Waals surface area contributed by atoms with Crippen LogP contribution in [0.1, 0.15) is 19.8 Å². The Morgan fingerprint density at radius 3 is 2.53 bits per heavy atom. The molecule has 0 aromatic carbocycles.